The Labute approximate surface area is 119 Å². The van der Waals surface area contributed by atoms with Gasteiger partial charge in [0.15, 0.2) is 0 Å². The molecule has 0 spiro atoms. The summed E-state index contributed by atoms with van der Waals surface area (Å²) in [4.78, 5) is 0.304. The molecular formula is C16H17NO2S. The first kappa shape index (κ1) is 13.2. The molecule has 0 aromatic heterocycles. The predicted octanol–water partition coefficient (Wildman–Crippen LogP) is 3.28. The average Bonchev–Trinajstić information content (AvgIpc) is 2.85. The van der Waals surface area contributed by atoms with Crippen LogP contribution in [0.15, 0.2) is 47.4 Å². The Hall–Kier alpha value is -1.81. The molecule has 0 aliphatic heterocycles. The summed E-state index contributed by atoms with van der Waals surface area (Å²) in [6.07, 6.45) is 3.29. The number of hydrogen-bond donors (Lipinski definition) is 1. The van der Waals surface area contributed by atoms with Crippen molar-refractivity contribution in [3.8, 4) is 0 Å². The van der Waals surface area contributed by atoms with Crippen LogP contribution in [0.3, 0.4) is 0 Å². The summed E-state index contributed by atoms with van der Waals surface area (Å²) in [6, 6.07) is 12.8. The smallest absolute Gasteiger partial charge is 0.261 e. The van der Waals surface area contributed by atoms with Crippen molar-refractivity contribution in [3.05, 3.63) is 59.2 Å². The molecule has 1 aliphatic carbocycles. The van der Waals surface area contributed by atoms with Crippen molar-refractivity contribution in [1.82, 2.24) is 0 Å². The van der Waals surface area contributed by atoms with E-state index in [0.717, 1.165) is 24.8 Å². The van der Waals surface area contributed by atoms with Gasteiger partial charge in [-0.1, -0.05) is 18.2 Å². The minimum atomic E-state index is -3.50. The maximum atomic E-state index is 12.3. The molecule has 104 valence electrons. The summed E-state index contributed by atoms with van der Waals surface area (Å²) in [5, 5.41) is 0. The Kier molecular flexibility index (Phi) is 3.26. The number of sulfonamides is 1. The average molecular weight is 287 g/mol. The summed E-state index contributed by atoms with van der Waals surface area (Å²) in [5.74, 6) is 0. The molecule has 0 fully saturated rings. The molecule has 4 heteroatoms. The van der Waals surface area contributed by atoms with Crippen LogP contribution in [-0.2, 0) is 22.9 Å². The lowest BCUT2D eigenvalue weighted by molar-refractivity contribution is 0.601. The highest BCUT2D eigenvalue weighted by atomic mass is 32.2. The van der Waals surface area contributed by atoms with Gasteiger partial charge >= 0.3 is 0 Å². The van der Waals surface area contributed by atoms with Crippen LogP contribution in [0, 0.1) is 6.92 Å². The highest BCUT2D eigenvalue weighted by Crippen LogP contribution is 2.26. The Morgan fingerprint density at radius 2 is 1.80 bits per heavy atom. The van der Waals surface area contributed by atoms with Gasteiger partial charge in [0, 0.05) is 5.69 Å². The first-order chi connectivity index (χ1) is 9.54. The zero-order chi connectivity index (χ0) is 14.2. The van der Waals surface area contributed by atoms with Gasteiger partial charge in [-0.2, -0.15) is 0 Å². The normalized spacial score (nSPS) is 14.1. The van der Waals surface area contributed by atoms with Crippen molar-refractivity contribution in [2.45, 2.75) is 31.1 Å². The van der Waals surface area contributed by atoms with E-state index in [4.69, 9.17) is 0 Å². The highest BCUT2D eigenvalue weighted by molar-refractivity contribution is 7.92. The zero-order valence-corrected chi connectivity index (χ0v) is 12.2. The maximum Gasteiger partial charge on any atom is 0.261 e. The van der Waals surface area contributed by atoms with Crippen LogP contribution in [0.4, 0.5) is 5.69 Å². The number of nitrogens with one attached hydrogen (secondary N) is 1. The zero-order valence-electron chi connectivity index (χ0n) is 11.4. The van der Waals surface area contributed by atoms with Crippen molar-refractivity contribution in [2.75, 3.05) is 4.72 Å². The molecule has 20 heavy (non-hydrogen) atoms. The van der Waals surface area contributed by atoms with E-state index < -0.39 is 10.0 Å². The molecule has 0 saturated heterocycles. The van der Waals surface area contributed by atoms with Gasteiger partial charge in [0.05, 0.1) is 4.90 Å². The fourth-order valence-corrected chi connectivity index (χ4v) is 3.79. The molecule has 0 saturated carbocycles. The molecule has 1 N–H and O–H groups in total. The van der Waals surface area contributed by atoms with Crippen LogP contribution in [0.2, 0.25) is 0 Å². The van der Waals surface area contributed by atoms with Crippen LogP contribution in [0.25, 0.3) is 0 Å². The standard InChI is InChI=1S/C16H17NO2S/c1-12-4-2-7-16(10-12)20(18,19)17-15-9-8-13-5-3-6-14(13)11-15/h2,4,7-11,17H,3,5-6H2,1H3. The predicted molar refractivity (Wildman–Crippen MR) is 80.5 cm³/mol. The minimum Gasteiger partial charge on any atom is -0.280 e. The van der Waals surface area contributed by atoms with E-state index in [1.54, 1.807) is 18.2 Å². The molecule has 0 bridgehead atoms. The molecule has 0 amide bonds. The Morgan fingerprint density at radius 3 is 2.60 bits per heavy atom. The molecule has 0 radical (unpaired) electrons. The Morgan fingerprint density at radius 1 is 1.00 bits per heavy atom. The topological polar surface area (TPSA) is 46.2 Å². The van der Waals surface area contributed by atoms with E-state index in [0.29, 0.717) is 10.6 Å². The van der Waals surface area contributed by atoms with Crippen molar-refractivity contribution >= 4 is 15.7 Å². The fraction of sp³-hybridized carbons (Fsp3) is 0.250. The van der Waals surface area contributed by atoms with Crippen LogP contribution in [-0.4, -0.2) is 8.42 Å². The van der Waals surface area contributed by atoms with Gasteiger partial charge in [-0.05, 0) is 67.1 Å². The van der Waals surface area contributed by atoms with E-state index in [1.165, 1.54) is 11.1 Å². The summed E-state index contributed by atoms with van der Waals surface area (Å²) < 4.78 is 27.3. The third-order valence-electron chi connectivity index (χ3n) is 3.65. The molecule has 3 nitrogen and oxygen atoms in total. The second kappa shape index (κ2) is 4.94. The summed E-state index contributed by atoms with van der Waals surface area (Å²) in [7, 11) is -3.50. The third kappa shape index (κ3) is 2.56. The Bertz CT molecular complexity index is 751. The molecule has 0 heterocycles. The van der Waals surface area contributed by atoms with Crippen molar-refractivity contribution in [3.63, 3.8) is 0 Å². The highest BCUT2D eigenvalue weighted by Gasteiger charge is 2.16. The molecule has 2 aromatic carbocycles. The SMILES string of the molecule is Cc1cccc(S(=O)(=O)Nc2ccc3c(c2)CCC3)c1. The van der Waals surface area contributed by atoms with Crippen molar-refractivity contribution in [2.24, 2.45) is 0 Å². The van der Waals surface area contributed by atoms with Gasteiger partial charge in [0.2, 0.25) is 0 Å². The number of fused-ring (bicyclic) bond motifs is 1. The largest absolute Gasteiger partial charge is 0.280 e. The number of benzene rings is 2. The van der Waals surface area contributed by atoms with Gasteiger partial charge in [-0.15, -0.1) is 0 Å². The van der Waals surface area contributed by atoms with E-state index in [-0.39, 0.29) is 0 Å². The first-order valence-corrected chi connectivity index (χ1v) is 8.24. The number of aryl methyl sites for hydroxylation is 3. The van der Waals surface area contributed by atoms with E-state index in [2.05, 4.69) is 4.72 Å². The second-order valence-electron chi connectivity index (χ2n) is 5.26. The lowest BCUT2D eigenvalue weighted by Gasteiger charge is -2.10. The van der Waals surface area contributed by atoms with Gasteiger partial charge in [-0.3, -0.25) is 4.72 Å². The fourth-order valence-electron chi connectivity index (χ4n) is 2.63. The van der Waals surface area contributed by atoms with Crippen LogP contribution >= 0.6 is 0 Å². The van der Waals surface area contributed by atoms with E-state index in [9.17, 15) is 8.42 Å². The molecule has 2 aromatic rings. The number of rotatable bonds is 3. The minimum absolute atomic E-state index is 0.304. The quantitative estimate of drug-likeness (QED) is 0.941. The van der Waals surface area contributed by atoms with Gasteiger partial charge in [0.1, 0.15) is 0 Å². The molecule has 3 rings (SSSR count). The summed E-state index contributed by atoms with van der Waals surface area (Å²) in [6.45, 7) is 1.88. The molecule has 0 unspecified atom stereocenters. The van der Waals surface area contributed by atoms with Crippen LogP contribution < -0.4 is 4.72 Å². The van der Waals surface area contributed by atoms with Gasteiger partial charge in [-0.25, -0.2) is 8.42 Å². The van der Waals surface area contributed by atoms with Crippen LogP contribution in [0.5, 0.6) is 0 Å². The second-order valence-corrected chi connectivity index (χ2v) is 6.94. The van der Waals surface area contributed by atoms with E-state index in [1.807, 2.05) is 31.2 Å². The van der Waals surface area contributed by atoms with Gasteiger partial charge in [0.25, 0.3) is 10.0 Å². The van der Waals surface area contributed by atoms with E-state index >= 15 is 0 Å². The molecule has 0 atom stereocenters. The number of anilines is 1. The van der Waals surface area contributed by atoms with Crippen molar-refractivity contribution in [1.29, 1.82) is 0 Å². The molecular weight excluding hydrogens is 270 g/mol. The van der Waals surface area contributed by atoms with Gasteiger partial charge < -0.3 is 0 Å². The first-order valence-electron chi connectivity index (χ1n) is 6.76. The molecule has 1 aliphatic rings. The van der Waals surface area contributed by atoms with Crippen molar-refractivity contribution < 1.29 is 8.42 Å². The summed E-state index contributed by atoms with van der Waals surface area (Å²) in [5.41, 5.74) is 4.17. The van der Waals surface area contributed by atoms with Crippen LogP contribution in [0.1, 0.15) is 23.1 Å². The summed E-state index contributed by atoms with van der Waals surface area (Å²) >= 11 is 0. The monoisotopic (exact) mass is 287 g/mol. The Balaban J connectivity index is 1.90. The lowest BCUT2D eigenvalue weighted by atomic mass is 10.1. The lowest BCUT2D eigenvalue weighted by Crippen LogP contribution is -2.13. The maximum absolute atomic E-state index is 12.3. The number of hydrogen-bond acceptors (Lipinski definition) is 2. The third-order valence-corrected chi connectivity index (χ3v) is 5.03.